The summed E-state index contributed by atoms with van der Waals surface area (Å²) in [5, 5.41) is 3.41. The molecule has 1 atom stereocenters. The number of carbonyl (C=O) groups is 1. The van der Waals surface area contributed by atoms with Crippen molar-refractivity contribution in [2.45, 2.75) is 45.7 Å². The SMILES string of the molecule is CC(C)N(CC1CCNCC1)C(C)C(=O)N1CCOCC1. The molecule has 0 bridgehead atoms. The molecule has 1 unspecified atom stereocenters. The second kappa shape index (κ2) is 8.11. The van der Waals surface area contributed by atoms with Crippen molar-refractivity contribution in [2.24, 2.45) is 5.92 Å². The molecule has 2 fully saturated rings. The summed E-state index contributed by atoms with van der Waals surface area (Å²) < 4.78 is 5.34. The summed E-state index contributed by atoms with van der Waals surface area (Å²) in [5.74, 6) is 0.981. The van der Waals surface area contributed by atoms with Crippen LogP contribution >= 0.6 is 0 Å². The molecule has 5 heteroatoms. The standard InChI is InChI=1S/C16H31N3O2/c1-13(2)19(12-15-4-6-17-7-5-15)14(3)16(20)18-8-10-21-11-9-18/h13-15,17H,4-12H2,1-3H3. The van der Waals surface area contributed by atoms with Crippen LogP contribution in [0.25, 0.3) is 0 Å². The number of nitrogens with one attached hydrogen (secondary N) is 1. The van der Waals surface area contributed by atoms with Gasteiger partial charge in [0, 0.05) is 25.7 Å². The molecule has 2 saturated heterocycles. The van der Waals surface area contributed by atoms with Crippen molar-refractivity contribution in [2.75, 3.05) is 45.9 Å². The van der Waals surface area contributed by atoms with E-state index in [1.165, 1.54) is 12.8 Å². The predicted molar refractivity (Wildman–Crippen MR) is 84.3 cm³/mol. The summed E-state index contributed by atoms with van der Waals surface area (Å²) in [6.45, 7) is 12.6. The molecule has 0 aliphatic carbocycles. The topological polar surface area (TPSA) is 44.8 Å². The normalized spacial score (nSPS) is 22.8. The third-order valence-corrected chi connectivity index (χ3v) is 4.77. The molecule has 0 radical (unpaired) electrons. The van der Waals surface area contributed by atoms with E-state index in [1.807, 2.05) is 4.90 Å². The van der Waals surface area contributed by atoms with Crippen molar-refractivity contribution in [3.63, 3.8) is 0 Å². The predicted octanol–water partition coefficient (Wildman–Crippen LogP) is 0.944. The van der Waals surface area contributed by atoms with Crippen LogP contribution in [-0.2, 0) is 9.53 Å². The molecule has 21 heavy (non-hydrogen) atoms. The van der Waals surface area contributed by atoms with Gasteiger partial charge in [-0.3, -0.25) is 9.69 Å². The molecule has 2 heterocycles. The lowest BCUT2D eigenvalue weighted by Crippen LogP contribution is -2.53. The molecule has 2 rings (SSSR count). The highest BCUT2D eigenvalue weighted by Gasteiger charge is 2.30. The van der Waals surface area contributed by atoms with E-state index in [0.29, 0.717) is 25.2 Å². The van der Waals surface area contributed by atoms with Gasteiger partial charge < -0.3 is 15.0 Å². The minimum absolute atomic E-state index is 0.0296. The number of morpholine rings is 1. The Labute approximate surface area is 129 Å². The monoisotopic (exact) mass is 297 g/mol. The molecular formula is C16H31N3O2. The number of ether oxygens (including phenoxy) is 1. The maximum Gasteiger partial charge on any atom is 0.239 e. The smallest absolute Gasteiger partial charge is 0.239 e. The Morgan fingerprint density at radius 2 is 1.86 bits per heavy atom. The fourth-order valence-corrected chi connectivity index (χ4v) is 3.37. The lowest BCUT2D eigenvalue weighted by atomic mass is 9.96. The Hall–Kier alpha value is -0.650. The highest BCUT2D eigenvalue weighted by atomic mass is 16.5. The van der Waals surface area contributed by atoms with Gasteiger partial charge in [-0.05, 0) is 52.6 Å². The summed E-state index contributed by atoms with van der Waals surface area (Å²) in [5.41, 5.74) is 0. The van der Waals surface area contributed by atoms with Crippen molar-refractivity contribution in [1.82, 2.24) is 15.1 Å². The molecule has 2 aliphatic heterocycles. The molecule has 0 aromatic rings. The van der Waals surface area contributed by atoms with Crippen molar-refractivity contribution in [3.8, 4) is 0 Å². The van der Waals surface area contributed by atoms with E-state index in [4.69, 9.17) is 4.74 Å². The van der Waals surface area contributed by atoms with E-state index in [-0.39, 0.29) is 11.9 Å². The van der Waals surface area contributed by atoms with Crippen molar-refractivity contribution in [1.29, 1.82) is 0 Å². The van der Waals surface area contributed by atoms with E-state index >= 15 is 0 Å². The number of nitrogens with zero attached hydrogens (tertiary/aromatic N) is 2. The minimum atomic E-state index is -0.0296. The zero-order valence-electron chi connectivity index (χ0n) is 13.8. The number of hydrogen-bond acceptors (Lipinski definition) is 4. The molecule has 2 aliphatic rings. The van der Waals surface area contributed by atoms with Gasteiger partial charge in [-0.2, -0.15) is 0 Å². The average molecular weight is 297 g/mol. The second-order valence-corrected chi connectivity index (χ2v) is 6.60. The third-order valence-electron chi connectivity index (χ3n) is 4.77. The van der Waals surface area contributed by atoms with Gasteiger partial charge in [-0.25, -0.2) is 0 Å². The highest BCUT2D eigenvalue weighted by Crippen LogP contribution is 2.18. The van der Waals surface area contributed by atoms with E-state index in [0.717, 1.165) is 32.7 Å². The van der Waals surface area contributed by atoms with Gasteiger partial charge in [-0.1, -0.05) is 0 Å². The average Bonchev–Trinajstić information content (AvgIpc) is 2.53. The Morgan fingerprint density at radius 1 is 1.24 bits per heavy atom. The van der Waals surface area contributed by atoms with Crippen molar-refractivity contribution < 1.29 is 9.53 Å². The first-order valence-electron chi connectivity index (χ1n) is 8.42. The van der Waals surface area contributed by atoms with Crippen LogP contribution in [0.4, 0.5) is 0 Å². The van der Waals surface area contributed by atoms with Gasteiger partial charge in [0.2, 0.25) is 5.91 Å². The summed E-state index contributed by atoms with van der Waals surface area (Å²) in [6, 6.07) is 0.373. The quantitative estimate of drug-likeness (QED) is 0.820. The van der Waals surface area contributed by atoms with Gasteiger partial charge in [0.05, 0.1) is 19.3 Å². The molecule has 122 valence electrons. The van der Waals surface area contributed by atoms with Gasteiger partial charge in [0.25, 0.3) is 0 Å². The van der Waals surface area contributed by atoms with E-state index in [1.54, 1.807) is 0 Å². The lowest BCUT2D eigenvalue weighted by Gasteiger charge is -2.39. The number of piperidine rings is 1. The maximum absolute atomic E-state index is 12.7. The van der Waals surface area contributed by atoms with Crippen molar-refractivity contribution >= 4 is 5.91 Å². The summed E-state index contributed by atoms with van der Waals surface area (Å²) in [7, 11) is 0. The summed E-state index contributed by atoms with van der Waals surface area (Å²) in [6.07, 6.45) is 2.45. The van der Waals surface area contributed by atoms with Crippen LogP contribution in [0.15, 0.2) is 0 Å². The maximum atomic E-state index is 12.7. The number of carbonyl (C=O) groups excluding carboxylic acids is 1. The van der Waals surface area contributed by atoms with Crippen LogP contribution in [0.5, 0.6) is 0 Å². The van der Waals surface area contributed by atoms with E-state index in [2.05, 4.69) is 31.0 Å². The van der Waals surface area contributed by atoms with Gasteiger partial charge in [-0.15, -0.1) is 0 Å². The largest absolute Gasteiger partial charge is 0.378 e. The lowest BCUT2D eigenvalue weighted by molar-refractivity contribution is -0.141. The highest BCUT2D eigenvalue weighted by molar-refractivity contribution is 5.81. The fourth-order valence-electron chi connectivity index (χ4n) is 3.37. The fraction of sp³-hybridized carbons (Fsp3) is 0.938. The Balaban J connectivity index is 1.93. The number of rotatable bonds is 5. The minimum Gasteiger partial charge on any atom is -0.378 e. The molecule has 0 aromatic heterocycles. The Kier molecular flexibility index (Phi) is 6.45. The first kappa shape index (κ1) is 16.7. The van der Waals surface area contributed by atoms with Crippen LogP contribution in [0.3, 0.4) is 0 Å². The molecule has 0 aromatic carbocycles. The first-order valence-corrected chi connectivity index (χ1v) is 8.42. The molecule has 0 spiro atoms. The van der Waals surface area contributed by atoms with Crippen LogP contribution in [-0.4, -0.2) is 73.7 Å². The van der Waals surface area contributed by atoms with Crippen LogP contribution in [0.2, 0.25) is 0 Å². The van der Waals surface area contributed by atoms with Crippen LogP contribution < -0.4 is 5.32 Å². The Morgan fingerprint density at radius 3 is 2.43 bits per heavy atom. The van der Waals surface area contributed by atoms with E-state index in [9.17, 15) is 4.79 Å². The summed E-state index contributed by atoms with van der Waals surface area (Å²) >= 11 is 0. The zero-order chi connectivity index (χ0) is 15.2. The van der Waals surface area contributed by atoms with Crippen LogP contribution in [0.1, 0.15) is 33.6 Å². The molecular weight excluding hydrogens is 266 g/mol. The molecule has 1 N–H and O–H groups in total. The summed E-state index contributed by atoms with van der Waals surface area (Å²) in [4.78, 5) is 17.0. The second-order valence-electron chi connectivity index (χ2n) is 6.60. The Bertz CT molecular complexity index is 323. The van der Waals surface area contributed by atoms with Gasteiger partial charge in [0.1, 0.15) is 0 Å². The van der Waals surface area contributed by atoms with E-state index < -0.39 is 0 Å². The zero-order valence-corrected chi connectivity index (χ0v) is 13.8. The van der Waals surface area contributed by atoms with Crippen molar-refractivity contribution in [3.05, 3.63) is 0 Å². The van der Waals surface area contributed by atoms with Crippen LogP contribution in [0, 0.1) is 5.92 Å². The van der Waals surface area contributed by atoms with Gasteiger partial charge in [0.15, 0.2) is 0 Å². The molecule has 1 amide bonds. The first-order chi connectivity index (χ1) is 10.1. The third kappa shape index (κ3) is 4.66. The molecule has 5 nitrogen and oxygen atoms in total. The number of amides is 1. The molecule has 0 saturated carbocycles. The number of hydrogen-bond donors (Lipinski definition) is 1. The van der Waals surface area contributed by atoms with Gasteiger partial charge >= 0.3 is 0 Å².